The van der Waals surface area contributed by atoms with Gasteiger partial charge in [-0.05, 0) is 30.3 Å². The number of hydrogen-bond donors (Lipinski definition) is 1. The van der Waals surface area contributed by atoms with Crippen molar-refractivity contribution in [1.82, 2.24) is 0 Å². The summed E-state index contributed by atoms with van der Waals surface area (Å²) in [4.78, 5) is 0. The fraction of sp³-hybridized carbons (Fsp3) is 0.250. The van der Waals surface area contributed by atoms with Gasteiger partial charge in [0.1, 0.15) is 11.5 Å². The standard InChI is InChI=1S/C16H15Br2NO2/c1-20-13-7-11(18)6-12(9-13)19-15-4-5-21-16-3-2-10(17)8-14(15)16/h2-3,6-9,15,19H,4-5H2,1H3. The van der Waals surface area contributed by atoms with Gasteiger partial charge in [0.15, 0.2) is 0 Å². The van der Waals surface area contributed by atoms with E-state index in [0.717, 1.165) is 39.2 Å². The van der Waals surface area contributed by atoms with E-state index >= 15 is 0 Å². The summed E-state index contributed by atoms with van der Waals surface area (Å²) in [5, 5.41) is 3.57. The van der Waals surface area contributed by atoms with Crippen molar-refractivity contribution in [2.45, 2.75) is 12.5 Å². The van der Waals surface area contributed by atoms with Crippen LogP contribution in [0, 0.1) is 0 Å². The number of fused-ring (bicyclic) bond motifs is 1. The van der Waals surface area contributed by atoms with Gasteiger partial charge in [-0.2, -0.15) is 0 Å². The SMILES string of the molecule is COc1cc(Br)cc(NC2CCOc3ccc(Br)cc32)c1. The van der Waals surface area contributed by atoms with Crippen LogP contribution in [0.2, 0.25) is 0 Å². The van der Waals surface area contributed by atoms with E-state index in [1.807, 2.05) is 24.3 Å². The molecule has 0 saturated heterocycles. The predicted molar refractivity (Wildman–Crippen MR) is 91.3 cm³/mol. The van der Waals surface area contributed by atoms with E-state index in [0.29, 0.717) is 0 Å². The number of methoxy groups -OCH3 is 1. The first kappa shape index (κ1) is 14.7. The van der Waals surface area contributed by atoms with Crippen LogP contribution in [-0.2, 0) is 0 Å². The van der Waals surface area contributed by atoms with Crippen molar-refractivity contribution in [3.8, 4) is 11.5 Å². The number of anilines is 1. The summed E-state index contributed by atoms with van der Waals surface area (Å²) in [5.74, 6) is 1.78. The normalized spacial score (nSPS) is 16.8. The molecule has 0 bridgehead atoms. The summed E-state index contributed by atoms with van der Waals surface area (Å²) < 4.78 is 13.1. The maximum Gasteiger partial charge on any atom is 0.124 e. The third-order valence-electron chi connectivity index (χ3n) is 3.46. The maximum absolute atomic E-state index is 5.72. The second-order valence-corrected chi connectivity index (χ2v) is 6.73. The molecular formula is C16H15Br2NO2. The third-order valence-corrected chi connectivity index (χ3v) is 4.41. The molecular weight excluding hydrogens is 398 g/mol. The Bertz CT molecular complexity index is 661. The average Bonchev–Trinajstić information content (AvgIpc) is 2.47. The van der Waals surface area contributed by atoms with Crippen LogP contribution < -0.4 is 14.8 Å². The predicted octanol–water partition coefficient (Wildman–Crippen LogP) is 5.16. The number of benzene rings is 2. The van der Waals surface area contributed by atoms with Gasteiger partial charge < -0.3 is 14.8 Å². The Morgan fingerprint density at radius 1 is 1.14 bits per heavy atom. The lowest BCUT2D eigenvalue weighted by Crippen LogP contribution is -2.20. The van der Waals surface area contributed by atoms with Gasteiger partial charge in [0, 0.05) is 32.7 Å². The molecule has 1 aliphatic rings. The topological polar surface area (TPSA) is 30.5 Å². The molecule has 2 aromatic carbocycles. The van der Waals surface area contributed by atoms with Crippen LogP contribution in [0.25, 0.3) is 0 Å². The summed E-state index contributed by atoms with van der Waals surface area (Å²) >= 11 is 7.04. The Kier molecular flexibility index (Phi) is 4.40. The molecule has 1 unspecified atom stereocenters. The molecule has 1 heterocycles. The highest BCUT2D eigenvalue weighted by molar-refractivity contribution is 9.10. The highest BCUT2D eigenvalue weighted by Crippen LogP contribution is 2.37. The molecule has 21 heavy (non-hydrogen) atoms. The second-order valence-electron chi connectivity index (χ2n) is 4.90. The molecule has 5 heteroatoms. The van der Waals surface area contributed by atoms with Crippen molar-refractivity contribution < 1.29 is 9.47 Å². The third kappa shape index (κ3) is 3.35. The molecule has 3 rings (SSSR count). The van der Waals surface area contributed by atoms with E-state index in [2.05, 4.69) is 49.3 Å². The molecule has 0 saturated carbocycles. The molecule has 0 amide bonds. The van der Waals surface area contributed by atoms with Crippen molar-refractivity contribution in [2.75, 3.05) is 19.0 Å². The lowest BCUT2D eigenvalue weighted by Gasteiger charge is -2.28. The first-order chi connectivity index (χ1) is 10.2. The summed E-state index contributed by atoms with van der Waals surface area (Å²) in [6.45, 7) is 0.720. The minimum atomic E-state index is 0.227. The first-order valence-electron chi connectivity index (χ1n) is 6.69. The molecule has 0 fully saturated rings. The molecule has 0 aliphatic carbocycles. The van der Waals surface area contributed by atoms with E-state index in [4.69, 9.17) is 9.47 Å². The van der Waals surface area contributed by atoms with Gasteiger partial charge in [-0.3, -0.25) is 0 Å². The second kappa shape index (κ2) is 6.28. The first-order valence-corrected chi connectivity index (χ1v) is 8.27. The summed E-state index contributed by atoms with van der Waals surface area (Å²) in [7, 11) is 1.67. The fourth-order valence-corrected chi connectivity index (χ4v) is 3.33. The zero-order chi connectivity index (χ0) is 14.8. The Morgan fingerprint density at radius 2 is 2.00 bits per heavy atom. The summed E-state index contributed by atoms with van der Waals surface area (Å²) in [5.41, 5.74) is 2.20. The minimum Gasteiger partial charge on any atom is -0.497 e. The highest BCUT2D eigenvalue weighted by atomic mass is 79.9. The highest BCUT2D eigenvalue weighted by Gasteiger charge is 2.21. The summed E-state index contributed by atoms with van der Waals surface area (Å²) in [6, 6.07) is 12.3. The van der Waals surface area contributed by atoms with E-state index in [1.165, 1.54) is 5.56 Å². The van der Waals surface area contributed by atoms with Gasteiger partial charge >= 0.3 is 0 Å². The zero-order valence-corrected chi connectivity index (χ0v) is 14.7. The molecule has 1 aliphatic heterocycles. The van der Waals surface area contributed by atoms with E-state index < -0.39 is 0 Å². The van der Waals surface area contributed by atoms with Gasteiger partial charge in [-0.15, -0.1) is 0 Å². The van der Waals surface area contributed by atoms with Crippen molar-refractivity contribution >= 4 is 37.5 Å². The van der Waals surface area contributed by atoms with Crippen LogP contribution in [0.5, 0.6) is 11.5 Å². The van der Waals surface area contributed by atoms with Crippen molar-refractivity contribution in [2.24, 2.45) is 0 Å². The van der Waals surface area contributed by atoms with Crippen LogP contribution in [0.15, 0.2) is 45.3 Å². The molecule has 110 valence electrons. The largest absolute Gasteiger partial charge is 0.497 e. The number of nitrogens with one attached hydrogen (secondary N) is 1. The average molecular weight is 413 g/mol. The molecule has 0 radical (unpaired) electrons. The van der Waals surface area contributed by atoms with E-state index in [-0.39, 0.29) is 6.04 Å². The fourth-order valence-electron chi connectivity index (χ4n) is 2.48. The number of halogens is 2. The Labute approximate surface area is 140 Å². The van der Waals surface area contributed by atoms with Gasteiger partial charge in [0.25, 0.3) is 0 Å². The number of rotatable bonds is 3. The molecule has 1 atom stereocenters. The minimum absolute atomic E-state index is 0.227. The molecule has 1 N–H and O–H groups in total. The van der Waals surface area contributed by atoms with Crippen LogP contribution in [0.1, 0.15) is 18.0 Å². The van der Waals surface area contributed by atoms with Crippen LogP contribution in [0.4, 0.5) is 5.69 Å². The van der Waals surface area contributed by atoms with Gasteiger partial charge in [0.2, 0.25) is 0 Å². The Morgan fingerprint density at radius 3 is 2.81 bits per heavy atom. The molecule has 0 aromatic heterocycles. The monoisotopic (exact) mass is 411 g/mol. The molecule has 0 spiro atoms. The van der Waals surface area contributed by atoms with Crippen LogP contribution in [0.3, 0.4) is 0 Å². The smallest absolute Gasteiger partial charge is 0.124 e. The van der Waals surface area contributed by atoms with E-state index in [1.54, 1.807) is 7.11 Å². The van der Waals surface area contributed by atoms with Gasteiger partial charge in [-0.1, -0.05) is 31.9 Å². The van der Waals surface area contributed by atoms with Crippen LogP contribution >= 0.6 is 31.9 Å². The zero-order valence-electron chi connectivity index (χ0n) is 11.5. The number of hydrogen-bond acceptors (Lipinski definition) is 3. The maximum atomic E-state index is 5.72. The molecule has 2 aromatic rings. The quantitative estimate of drug-likeness (QED) is 0.755. The van der Waals surface area contributed by atoms with Crippen molar-refractivity contribution in [3.63, 3.8) is 0 Å². The summed E-state index contributed by atoms with van der Waals surface area (Å²) in [6.07, 6.45) is 0.929. The lowest BCUT2D eigenvalue weighted by molar-refractivity contribution is 0.274. The number of ether oxygens (including phenoxy) is 2. The molecule has 3 nitrogen and oxygen atoms in total. The lowest BCUT2D eigenvalue weighted by atomic mass is 10.0. The van der Waals surface area contributed by atoms with Crippen LogP contribution in [-0.4, -0.2) is 13.7 Å². The van der Waals surface area contributed by atoms with Crippen molar-refractivity contribution in [3.05, 3.63) is 50.9 Å². The Balaban J connectivity index is 1.90. The van der Waals surface area contributed by atoms with E-state index in [9.17, 15) is 0 Å². The van der Waals surface area contributed by atoms with Gasteiger partial charge in [0.05, 0.1) is 19.8 Å². The van der Waals surface area contributed by atoms with Crippen molar-refractivity contribution in [1.29, 1.82) is 0 Å². The van der Waals surface area contributed by atoms with Gasteiger partial charge in [-0.25, -0.2) is 0 Å². The Hall–Kier alpha value is -1.20.